The van der Waals surface area contributed by atoms with Crippen LogP contribution < -0.4 is 15.5 Å². The van der Waals surface area contributed by atoms with Crippen molar-refractivity contribution in [3.05, 3.63) is 18.3 Å². The van der Waals surface area contributed by atoms with Crippen molar-refractivity contribution in [2.24, 2.45) is 17.8 Å². The number of rotatable bonds is 9. The highest BCUT2D eigenvalue weighted by molar-refractivity contribution is 6.01. The molecule has 182 valence electrons. The van der Waals surface area contributed by atoms with E-state index in [-0.39, 0.29) is 11.8 Å². The minimum Gasteiger partial charge on any atom is -0.370 e. The summed E-state index contributed by atoms with van der Waals surface area (Å²) < 4.78 is 0. The first-order valence-electron chi connectivity index (χ1n) is 12.3. The monoisotopic (exact) mass is 457 g/mol. The van der Waals surface area contributed by atoms with Gasteiger partial charge >= 0.3 is 0 Å². The second-order valence-electron chi connectivity index (χ2n) is 10.3. The minimum absolute atomic E-state index is 0.223. The third-order valence-electron chi connectivity index (χ3n) is 6.28. The van der Waals surface area contributed by atoms with Gasteiger partial charge in [-0.3, -0.25) is 19.7 Å². The van der Waals surface area contributed by atoms with Gasteiger partial charge in [0.2, 0.25) is 17.7 Å². The highest BCUT2D eigenvalue weighted by atomic mass is 16.2. The molecule has 2 saturated heterocycles. The Morgan fingerprint density at radius 3 is 2.33 bits per heavy atom. The molecule has 3 rings (SSSR count). The Balaban J connectivity index is 1.47. The molecule has 2 aliphatic heterocycles. The first kappa shape index (κ1) is 25.0. The molecular formula is C25H39N5O3. The zero-order valence-corrected chi connectivity index (χ0v) is 20.5. The Labute approximate surface area is 197 Å². The Kier molecular flexibility index (Phi) is 8.69. The molecule has 2 aliphatic rings. The predicted molar refractivity (Wildman–Crippen MR) is 130 cm³/mol. The molecule has 0 saturated carbocycles. The van der Waals surface area contributed by atoms with Crippen LogP contribution in [0.15, 0.2) is 18.3 Å². The largest absolute Gasteiger partial charge is 0.370 e. The van der Waals surface area contributed by atoms with E-state index in [1.807, 2.05) is 18.3 Å². The van der Waals surface area contributed by atoms with Crippen LogP contribution in [0.3, 0.4) is 0 Å². The van der Waals surface area contributed by atoms with E-state index in [4.69, 9.17) is 0 Å². The molecule has 0 aliphatic carbocycles. The summed E-state index contributed by atoms with van der Waals surface area (Å²) in [6.45, 7) is 12.2. The van der Waals surface area contributed by atoms with E-state index in [1.165, 1.54) is 0 Å². The first-order valence-corrected chi connectivity index (χ1v) is 12.3. The quantitative estimate of drug-likeness (QED) is 0.554. The molecule has 2 fully saturated rings. The summed E-state index contributed by atoms with van der Waals surface area (Å²) in [5, 5.41) is 5.46. The molecular weight excluding hydrogens is 418 g/mol. The summed E-state index contributed by atoms with van der Waals surface area (Å²) in [4.78, 5) is 45.0. The normalized spacial score (nSPS) is 19.7. The molecule has 1 aromatic heterocycles. The topological polar surface area (TPSA) is 94.6 Å². The van der Waals surface area contributed by atoms with Crippen LogP contribution in [0.4, 0.5) is 11.5 Å². The number of nitrogens with one attached hydrogen (secondary N) is 2. The number of nitrogens with zero attached hydrogens (tertiary/aromatic N) is 3. The molecule has 2 N–H and O–H groups in total. The van der Waals surface area contributed by atoms with Gasteiger partial charge in [-0.2, -0.15) is 0 Å². The van der Waals surface area contributed by atoms with Crippen LogP contribution in [0.2, 0.25) is 0 Å². The standard InChI is InChI=1S/C25H39N5O3/c1-17(2)15-30(16-18(3)4)24(32)13-19-9-11-29(12-10-19)20-5-7-22(26-14-20)27-21-6-8-23(31)28-25(21)33/h5,7,14,17-19,21H,6,8-13,15-16H2,1-4H3,(H,26,27)(H,28,31,33). The lowest BCUT2D eigenvalue weighted by Gasteiger charge is -2.34. The number of piperidine rings is 2. The van der Waals surface area contributed by atoms with E-state index in [2.05, 4.69) is 53.1 Å². The molecule has 33 heavy (non-hydrogen) atoms. The first-order chi connectivity index (χ1) is 15.7. The van der Waals surface area contributed by atoms with Gasteiger partial charge in [0.15, 0.2) is 0 Å². The van der Waals surface area contributed by atoms with Crippen LogP contribution in [-0.2, 0) is 14.4 Å². The van der Waals surface area contributed by atoms with E-state index in [0.29, 0.717) is 48.7 Å². The van der Waals surface area contributed by atoms with Crippen molar-refractivity contribution < 1.29 is 14.4 Å². The SMILES string of the molecule is CC(C)CN(CC(C)C)C(=O)CC1CCN(c2ccc(NC3CCC(=O)NC3=O)nc2)CC1. The van der Waals surface area contributed by atoms with Gasteiger partial charge in [0.05, 0.1) is 11.9 Å². The van der Waals surface area contributed by atoms with Crippen molar-refractivity contribution in [3.8, 4) is 0 Å². The van der Waals surface area contributed by atoms with Crippen molar-refractivity contribution in [2.45, 2.75) is 65.8 Å². The molecule has 3 amide bonds. The van der Waals surface area contributed by atoms with Crippen molar-refractivity contribution >= 4 is 29.2 Å². The van der Waals surface area contributed by atoms with Gasteiger partial charge in [-0.15, -0.1) is 0 Å². The van der Waals surface area contributed by atoms with Gasteiger partial charge < -0.3 is 15.1 Å². The zero-order valence-electron chi connectivity index (χ0n) is 20.5. The molecule has 8 heteroatoms. The summed E-state index contributed by atoms with van der Waals surface area (Å²) in [6, 6.07) is 3.46. The fourth-order valence-corrected chi connectivity index (χ4v) is 4.60. The number of imide groups is 1. The number of aromatic nitrogens is 1. The summed E-state index contributed by atoms with van der Waals surface area (Å²) >= 11 is 0. The zero-order chi connectivity index (χ0) is 24.0. The molecule has 0 bridgehead atoms. The number of carbonyl (C=O) groups is 3. The molecule has 0 spiro atoms. The van der Waals surface area contributed by atoms with E-state index >= 15 is 0 Å². The number of hydrogen-bond donors (Lipinski definition) is 2. The second kappa shape index (κ2) is 11.5. The Bertz CT molecular complexity index is 806. The van der Waals surface area contributed by atoms with Crippen molar-refractivity contribution in [1.82, 2.24) is 15.2 Å². The van der Waals surface area contributed by atoms with Crippen molar-refractivity contribution in [2.75, 3.05) is 36.4 Å². The maximum Gasteiger partial charge on any atom is 0.249 e. The van der Waals surface area contributed by atoms with Gasteiger partial charge in [-0.05, 0) is 49.1 Å². The van der Waals surface area contributed by atoms with Gasteiger partial charge in [0.25, 0.3) is 0 Å². The Morgan fingerprint density at radius 1 is 1.12 bits per heavy atom. The van der Waals surface area contributed by atoms with Gasteiger partial charge in [0.1, 0.15) is 11.9 Å². The fraction of sp³-hybridized carbons (Fsp3) is 0.680. The van der Waals surface area contributed by atoms with Crippen LogP contribution in [-0.4, -0.2) is 59.8 Å². The van der Waals surface area contributed by atoms with Crippen LogP contribution in [0.5, 0.6) is 0 Å². The third-order valence-corrected chi connectivity index (χ3v) is 6.28. The number of amides is 3. The molecule has 0 aromatic carbocycles. The number of anilines is 2. The average Bonchev–Trinajstić information content (AvgIpc) is 2.76. The highest BCUT2D eigenvalue weighted by Gasteiger charge is 2.27. The number of hydrogen-bond acceptors (Lipinski definition) is 6. The summed E-state index contributed by atoms with van der Waals surface area (Å²) in [7, 11) is 0. The maximum atomic E-state index is 12.9. The van der Waals surface area contributed by atoms with Crippen LogP contribution in [0.1, 0.15) is 59.8 Å². The Morgan fingerprint density at radius 2 is 1.79 bits per heavy atom. The van der Waals surface area contributed by atoms with Gasteiger partial charge in [0, 0.05) is 39.0 Å². The highest BCUT2D eigenvalue weighted by Crippen LogP contribution is 2.26. The van der Waals surface area contributed by atoms with Gasteiger partial charge in [-0.25, -0.2) is 4.98 Å². The van der Waals surface area contributed by atoms with Crippen LogP contribution in [0, 0.1) is 17.8 Å². The van der Waals surface area contributed by atoms with E-state index < -0.39 is 6.04 Å². The number of pyridine rings is 1. The molecule has 1 aromatic rings. The molecule has 1 unspecified atom stereocenters. The van der Waals surface area contributed by atoms with Crippen molar-refractivity contribution in [1.29, 1.82) is 0 Å². The van der Waals surface area contributed by atoms with E-state index in [1.54, 1.807) is 0 Å². The summed E-state index contributed by atoms with van der Waals surface area (Å²) in [5.74, 6) is 1.79. The fourth-order valence-electron chi connectivity index (χ4n) is 4.60. The lowest BCUT2D eigenvalue weighted by molar-refractivity contribution is -0.134. The molecule has 8 nitrogen and oxygen atoms in total. The molecule has 1 atom stereocenters. The van der Waals surface area contributed by atoms with Crippen molar-refractivity contribution in [3.63, 3.8) is 0 Å². The smallest absolute Gasteiger partial charge is 0.249 e. The summed E-state index contributed by atoms with van der Waals surface area (Å²) in [5.41, 5.74) is 1.05. The van der Waals surface area contributed by atoms with Crippen LogP contribution >= 0.6 is 0 Å². The third kappa shape index (κ3) is 7.44. The molecule has 3 heterocycles. The second-order valence-corrected chi connectivity index (χ2v) is 10.3. The average molecular weight is 458 g/mol. The summed E-state index contributed by atoms with van der Waals surface area (Å²) in [6.07, 6.45) is 5.28. The van der Waals surface area contributed by atoms with E-state index in [9.17, 15) is 14.4 Å². The minimum atomic E-state index is -0.430. The van der Waals surface area contributed by atoms with E-state index in [0.717, 1.165) is 44.7 Å². The predicted octanol–water partition coefficient (Wildman–Crippen LogP) is 3.05. The lowest BCUT2D eigenvalue weighted by Crippen LogP contribution is -2.47. The maximum absolute atomic E-state index is 12.9. The molecule has 0 radical (unpaired) electrons. The lowest BCUT2D eigenvalue weighted by atomic mass is 9.92. The van der Waals surface area contributed by atoms with Gasteiger partial charge in [-0.1, -0.05) is 27.7 Å². The van der Waals surface area contributed by atoms with Crippen LogP contribution in [0.25, 0.3) is 0 Å². The Hall–Kier alpha value is -2.64. The number of carbonyl (C=O) groups excluding carboxylic acids is 3.